The molecule has 2 aromatic rings. The summed E-state index contributed by atoms with van der Waals surface area (Å²) in [7, 11) is 0. The number of hydrogen-bond donors (Lipinski definition) is 1. The molecule has 0 aliphatic rings. The standard InChI is InChI=1S/C13H8F2N2O3/c14-8-2-1-3-9(6-8)16-13(18)11-5-4-10(17(19)20)7-12(11)15/h1-7H,(H,16,18). The highest BCUT2D eigenvalue weighted by Crippen LogP contribution is 2.18. The van der Waals surface area contributed by atoms with E-state index in [-0.39, 0.29) is 11.3 Å². The van der Waals surface area contributed by atoms with Crippen molar-refractivity contribution in [1.29, 1.82) is 0 Å². The van der Waals surface area contributed by atoms with Crippen molar-refractivity contribution in [2.45, 2.75) is 0 Å². The Labute approximate surface area is 112 Å². The minimum atomic E-state index is -1.02. The summed E-state index contributed by atoms with van der Waals surface area (Å²) in [5, 5.41) is 12.8. The van der Waals surface area contributed by atoms with Crippen molar-refractivity contribution in [3.63, 3.8) is 0 Å². The molecule has 7 heteroatoms. The Morgan fingerprint density at radius 3 is 2.50 bits per heavy atom. The summed E-state index contributed by atoms with van der Waals surface area (Å²) in [5.74, 6) is -2.39. The molecule has 0 aliphatic carbocycles. The Hall–Kier alpha value is -2.83. The van der Waals surface area contributed by atoms with Gasteiger partial charge in [0.2, 0.25) is 0 Å². The molecule has 0 saturated carbocycles. The minimum absolute atomic E-state index is 0.160. The topological polar surface area (TPSA) is 72.2 Å². The van der Waals surface area contributed by atoms with Crippen LogP contribution in [0.4, 0.5) is 20.2 Å². The number of nitro benzene ring substituents is 1. The highest BCUT2D eigenvalue weighted by molar-refractivity contribution is 6.04. The van der Waals surface area contributed by atoms with E-state index in [2.05, 4.69) is 5.32 Å². The van der Waals surface area contributed by atoms with Gasteiger partial charge in [0.1, 0.15) is 11.6 Å². The van der Waals surface area contributed by atoms with Crippen LogP contribution in [-0.4, -0.2) is 10.8 Å². The number of nitro groups is 1. The van der Waals surface area contributed by atoms with Gasteiger partial charge >= 0.3 is 0 Å². The Kier molecular flexibility index (Phi) is 3.69. The number of nitrogens with one attached hydrogen (secondary N) is 1. The summed E-state index contributed by atoms with van der Waals surface area (Å²) in [5.41, 5.74) is -0.655. The first-order valence-electron chi connectivity index (χ1n) is 5.48. The number of rotatable bonds is 3. The van der Waals surface area contributed by atoms with Crippen LogP contribution in [0.1, 0.15) is 10.4 Å². The predicted octanol–water partition coefficient (Wildman–Crippen LogP) is 3.13. The van der Waals surface area contributed by atoms with Gasteiger partial charge in [0.25, 0.3) is 11.6 Å². The lowest BCUT2D eigenvalue weighted by Gasteiger charge is -2.06. The summed E-state index contributed by atoms with van der Waals surface area (Å²) in [6, 6.07) is 7.76. The van der Waals surface area contributed by atoms with E-state index < -0.39 is 28.2 Å². The largest absolute Gasteiger partial charge is 0.322 e. The van der Waals surface area contributed by atoms with Gasteiger partial charge in [0.05, 0.1) is 16.6 Å². The number of carbonyl (C=O) groups is 1. The second-order valence-electron chi connectivity index (χ2n) is 3.89. The lowest BCUT2D eigenvalue weighted by molar-refractivity contribution is -0.385. The molecule has 0 heterocycles. The van der Waals surface area contributed by atoms with Gasteiger partial charge in [-0.1, -0.05) is 6.07 Å². The van der Waals surface area contributed by atoms with Crippen LogP contribution in [0, 0.1) is 21.7 Å². The lowest BCUT2D eigenvalue weighted by Crippen LogP contribution is -2.14. The summed E-state index contributed by atoms with van der Waals surface area (Å²) < 4.78 is 26.5. The van der Waals surface area contributed by atoms with E-state index in [4.69, 9.17) is 0 Å². The van der Waals surface area contributed by atoms with E-state index in [1.54, 1.807) is 0 Å². The first-order chi connectivity index (χ1) is 9.47. The van der Waals surface area contributed by atoms with Crippen molar-refractivity contribution in [3.05, 3.63) is 69.8 Å². The van der Waals surface area contributed by atoms with Gasteiger partial charge in [-0.2, -0.15) is 0 Å². The van der Waals surface area contributed by atoms with E-state index in [0.717, 1.165) is 18.2 Å². The van der Waals surface area contributed by atoms with Crippen molar-refractivity contribution < 1.29 is 18.5 Å². The maximum absolute atomic E-state index is 13.6. The molecule has 102 valence electrons. The number of benzene rings is 2. The van der Waals surface area contributed by atoms with E-state index in [0.29, 0.717) is 6.07 Å². The summed E-state index contributed by atoms with van der Waals surface area (Å²) in [6.07, 6.45) is 0. The summed E-state index contributed by atoms with van der Waals surface area (Å²) in [6.45, 7) is 0. The normalized spacial score (nSPS) is 10.1. The number of anilines is 1. The van der Waals surface area contributed by atoms with E-state index in [1.165, 1.54) is 18.2 Å². The Morgan fingerprint density at radius 1 is 1.15 bits per heavy atom. The van der Waals surface area contributed by atoms with Crippen molar-refractivity contribution in [1.82, 2.24) is 0 Å². The maximum atomic E-state index is 13.6. The third-order valence-electron chi connectivity index (χ3n) is 2.49. The molecule has 0 unspecified atom stereocenters. The average Bonchev–Trinajstić information content (AvgIpc) is 2.38. The number of non-ortho nitro benzene ring substituents is 1. The molecule has 0 radical (unpaired) electrons. The lowest BCUT2D eigenvalue weighted by atomic mass is 10.1. The monoisotopic (exact) mass is 278 g/mol. The smallest absolute Gasteiger partial charge is 0.272 e. The van der Waals surface area contributed by atoms with Gasteiger partial charge < -0.3 is 5.32 Å². The van der Waals surface area contributed by atoms with Crippen molar-refractivity contribution in [2.24, 2.45) is 0 Å². The fourth-order valence-corrected chi connectivity index (χ4v) is 1.57. The highest BCUT2D eigenvalue weighted by atomic mass is 19.1. The van der Waals surface area contributed by atoms with Crippen molar-refractivity contribution in [3.8, 4) is 0 Å². The third kappa shape index (κ3) is 2.94. The third-order valence-corrected chi connectivity index (χ3v) is 2.49. The molecule has 0 bridgehead atoms. The zero-order valence-corrected chi connectivity index (χ0v) is 9.97. The molecule has 20 heavy (non-hydrogen) atoms. The van der Waals surface area contributed by atoms with Crippen LogP contribution in [0.25, 0.3) is 0 Å². The number of carbonyl (C=O) groups excluding carboxylic acids is 1. The molecule has 1 amide bonds. The molecule has 0 aliphatic heterocycles. The minimum Gasteiger partial charge on any atom is -0.322 e. The van der Waals surface area contributed by atoms with E-state index in [9.17, 15) is 23.7 Å². The van der Waals surface area contributed by atoms with Crippen LogP contribution in [0.2, 0.25) is 0 Å². The number of nitrogens with zero attached hydrogens (tertiary/aromatic N) is 1. The maximum Gasteiger partial charge on any atom is 0.272 e. The molecule has 0 spiro atoms. The summed E-state index contributed by atoms with van der Waals surface area (Å²) >= 11 is 0. The first kappa shape index (κ1) is 13.6. The second kappa shape index (κ2) is 5.43. The van der Waals surface area contributed by atoms with Crippen LogP contribution >= 0.6 is 0 Å². The summed E-state index contributed by atoms with van der Waals surface area (Å²) in [4.78, 5) is 21.5. The van der Waals surface area contributed by atoms with Gasteiger partial charge in [-0.25, -0.2) is 8.78 Å². The molecule has 0 atom stereocenters. The van der Waals surface area contributed by atoms with E-state index in [1.807, 2.05) is 0 Å². The fraction of sp³-hybridized carbons (Fsp3) is 0. The molecular formula is C13H8F2N2O3. The zero-order valence-electron chi connectivity index (χ0n) is 9.97. The predicted molar refractivity (Wildman–Crippen MR) is 67.4 cm³/mol. The molecule has 2 rings (SSSR count). The van der Waals surface area contributed by atoms with Crippen LogP contribution in [-0.2, 0) is 0 Å². The Bertz CT molecular complexity index is 689. The number of halogens is 2. The second-order valence-corrected chi connectivity index (χ2v) is 3.89. The molecule has 2 aromatic carbocycles. The van der Waals surface area contributed by atoms with Crippen molar-refractivity contribution >= 4 is 17.3 Å². The molecule has 0 saturated heterocycles. The SMILES string of the molecule is O=C(Nc1cccc(F)c1)c1ccc([N+](=O)[O-])cc1F. The molecule has 0 aromatic heterocycles. The number of amides is 1. The van der Waals surface area contributed by atoms with Crippen LogP contribution in [0.3, 0.4) is 0 Å². The van der Waals surface area contributed by atoms with Gasteiger partial charge in [0, 0.05) is 11.8 Å². The Morgan fingerprint density at radius 2 is 1.90 bits per heavy atom. The molecule has 0 fully saturated rings. The van der Waals surface area contributed by atoms with E-state index >= 15 is 0 Å². The van der Waals surface area contributed by atoms with Gasteiger partial charge in [-0.3, -0.25) is 14.9 Å². The number of hydrogen-bond acceptors (Lipinski definition) is 3. The van der Waals surface area contributed by atoms with Gasteiger partial charge in [-0.15, -0.1) is 0 Å². The average molecular weight is 278 g/mol. The quantitative estimate of drug-likeness (QED) is 0.692. The molecule has 1 N–H and O–H groups in total. The fourth-order valence-electron chi connectivity index (χ4n) is 1.57. The first-order valence-corrected chi connectivity index (χ1v) is 5.48. The van der Waals surface area contributed by atoms with Gasteiger partial charge in [-0.05, 0) is 24.3 Å². The zero-order chi connectivity index (χ0) is 14.7. The van der Waals surface area contributed by atoms with Gasteiger partial charge in [0.15, 0.2) is 0 Å². The molecule has 5 nitrogen and oxygen atoms in total. The Balaban J connectivity index is 2.23. The van der Waals surface area contributed by atoms with Crippen LogP contribution in [0.5, 0.6) is 0 Å². The van der Waals surface area contributed by atoms with Crippen LogP contribution < -0.4 is 5.32 Å². The van der Waals surface area contributed by atoms with Crippen LogP contribution in [0.15, 0.2) is 42.5 Å². The highest BCUT2D eigenvalue weighted by Gasteiger charge is 2.16. The van der Waals surface area contributed by atoms with Crippen molar-refractivity contribution in [2.75, 3.05) is 5.32 Å². The molecular weight excluding hydrogens is 270 g/mol.